The molecule has 0 unspecified atom stereocenters. The Morgan fingerprint density at radius 3 is 3.05 bits per heavy atom. The van der Waals surface area contributed by atoms with Gasteiger partial charge in [0.25, 0.3) is 0 Å². The van der Waals surface area contributed by atoms with E-state index < -0.39 is 0 Å². The molecule has 1 saturated heterocycles. The molecule has 0 saturated carbocycles. The fourth-order valence-corrected chi connectivity index (χ4v) is 2.18. The summed E-state index contributed by atoms with van der Waals surface area (Å²) in [4.78, 5) is 29.2. The van der Waals surface area contributed by atoms with Crippen LogP contribution in [0, 0.1) is 5.92 Å². The van der Waals surface area contributed by atoms with Crippen molar-refractivity contribution in [3.05, 3.63) is 12.7 Å². The molecule has 2 rings (SSSR count). The normalized spacial score (nSPS) is 21.3. The predicted molar refractivity (Wildman–Crippen MR) is 68.0 cm³/mol. The molecule has 2 heterocycles. The first-order valence-electron chi connectivity index (χ1n) is 6.43. The topological polar surface area (TPSA) is 80.1 Å². The summed E-state index contributed by atoms with van der Waals surface area (Å²) in [6.45, 7) is 3.14. The highest BCUT2D eigenvalue weighted by molar-refractivity contribution is 5.86. The second-order valence-corrected chi connectivity index (χ2v) is 5.03. The van der Waals surface area contributed by atoms with Gasteiger partial charge in [-0.2, -0.15) is 5.10 Å². The Morgan fingerprint density at radius 2 is 2.42 bits per heavy atom. The molecule has 7 nitrogen and oxygen atoms in total. The molecule has 0 aromatic carbocycles. The highest BCUT2D eigenvalue weighted by atomic mass is 16.2. The average molecular weight is 265 g/mol. The summed E-state index contributed by atoms with van der Waals surface area (Å²) in [5.41, 5.74) is 0. The predicted octanol–water partition coefficient (Wildman–Crippen LogP) is -0.349. The van der Waals surface area contributed by atoms with Crippen molar-refractivity contribution in [2.24, 2.45) is 5.92 Å². The average Bonchev–Trinajstić information content (AvgIpc) is 2.85. The highest BCUT2D eigenvalue weighted by Crippen LogP contribution is 2.17. The lowest BCUT2D eigenvalue weighted by Crippen LogP contribution is -2.45. The van der Waals surface area contributed by atoms with Gasteiger partial charge in [0.2, 0.25) is 11.8 Å². The van der Waals surface area contributed by atoms with Crippen LogP contribution in [0.5, 0.6) is 0 Å². The number of aromatic nitrogens is 3. The van der Waals surface area contributed by atoms with Gasteiger partial charge < -0.3 is 10.2 Å². The first kappa shape index (κ1) is 13.5. The number of rotatable bonds is 4. The maximum atomic E-state index is 12.1. The minimum Gasteiger partial charge on any atom is -0.352 e. The Morgan fingerprint density at radius 1 is 1.63 bits per heavy atom. The van der Waals surface area contributed by atoms with Gasteiger partial charge in [0.15, 0.2) is 0 Å². The van der Waals surface area contributed by atoms with E-state index >= 15 is 0 Å². The van der Waals surface area contributed by atoms with E-state index in [0.717, 1.165) is 6.42 Å². The molecule has 19 heavy (non-hydrogen) atoms. The second kappa shape index (κ2) is 5.81. The zero-order chi connectivity index (χ0) is 13.8. The monoisotopic (exact) mass is 265 g/mol. The van der Waals surface area contributed by atoms with Crippen molar-refractivity contribution in [1.82, 2.24) is 25.0 Å². The number of hydrogen-bond donors (Lipinski definition) is 1. The molecule has 104 valence electrons. The van der Waals surface area contributed by atoms with Crippen LogP contribution in [0.4, 0.5) is 0 Å². The van der Waals surface area contributed by atoms with E-state index in [2.05, 4.69) is 15.4 Å². The smallest absolute Gasteiger partial charge is 0.223 e. The second-order valence-electron chi connectivity index (χ2n) is 5.03. The van der Waals surface area contributed by atoms with E-state index in [1.165, 1.54) is 6.33 Å². The SMILES string of the molecule is C[C@@H](Cn1cncn1)NC(=O)[C@H]1CCN(C)C(=O)C1. The van der Waals surface area contributed by atoms with Gasteiger partial charge in [0.1, 0.15) is 12.7 Å². The molecule has 1 N–H and O–H groups in total. The van der Waals surface area contributed by atoms with Crippen LogP contribution in [0.2, 0.25) is 0 Å². The van der Waals surface area contributed by atoms with Crippen LogP contribution in [0.1, 0.15) is 19.8 Å². The maximum Gasteiger partial charge on any atom is 0.223 e. The molecule has 0 aliphatic carbocycles. The van der Waals surface area contributed by atoms with Gasteiger partial charge in [-0.3, -0.25) is 14.3 Å². The highest BCUT2D eigenvalue weighted by Gasteiger charge is 2.29. The van der Waals surface area contributed by atoms with Crippen LogP contribution in [-0.2, 0) is 16.1 Å². The molecule has 1 aliphatic rings. The van der Waals surface area contributed by atoms with E-state index in [1.807, 2.05) is 6.92 Å². The number of carbonyl (C=O) groups excluding carboxylic acids is 2. The lowest BCUT2D eigenvalue weighted by atomic mass is 9.95. The number of carbonyl (C=O) groups is 2. The number of nitrogens with zero attached hydrogens (tertiary/aromatic N) is 4. The molecule has 0 radical (unpaired) electrons. The first-order chi connectivity index (χ1) is 9.06. The van der Waals surface area contributed by atoms with Crippen molar-refractivity contribution < 1.29 is 9.59 Å². The van der Waals surface area contributed by atoms with E-state index in [1.54, 1.807) is 23.0 Å². The van der Waals surface area contributed by atoms with Gasteiger partial charge in [-0.05, 0) is 13.3 Å². The summed E-state index contributed by atoms with van der Waals surface area (Å²) in [5.74, 6) is -0.216. The van der Waals surface area contributed by atoms with E-state index in [4.69, 9.17) is 0 Å². The number of hydrogen-bond acceptors (Lipinski definition) is 4. The van der Waals surface area contributed by atoms with Crippen molar-refractivity contribution >= 4 is 11.8 Å². The van der Waals surface area contributed by atoms with Crippen LogP contribution in [-0.4, -0.2) is 51.1 Å². The Hall–Kier alpha value is -1.92. The summed E-state index contributed by atoms with van der Waals surface area (Å²) in [6, 6.07) is -0.0380. The molecular weight excluding hydrogens is 246 g/mol. The van der Waals surface area contributed by atoms with Crippen LogP contribution in [0.3, 0.4) is 0 Å². The molecule has 1 aliphatic heterocycles. The van der Waals surface area contributed by atoms with Crippen LogP contribution in [0.25, 0.3) is 0 Å². The molecule has 0 spiro atoms. The van der Waals surface area contributed by atoms with Gasteiger partial charge in [0.05, 0.1) is 6.54 Å². The van der Waals surface area contributed by atoms with Crippen molar-refractivity contribution in [2.75, 3.05) is 13.6 Å². The number of likely N-dealkylation sites (tertiary alicyclic amines) is 1. The molecule has 1 fully saturated rings. The van der Waals surface area contributed by atoms with Crippen molar-refractivity contribution in [2.45, 2.75) is 32.4 Å². The number of nitrogens with one attached hydrogen (secondary N) is 1. The largest absolute Gasteiger partial charge is 0.352 e. The van der Waals surface area contributed by atoms with Gasteiger partial charge in [0, 0.05) is 32.0 Å². The Labute approximate surface area is 112 Å². The van der Waals surface area contributed by atoms with Crippen molar-refractivity contribution in [1.29, 1.82) is 0 Å². The minimum atomic E-state index is -0.207. The summed E-state index contributed by atoms with van der Waals surface area (Å²) in [6.07, 6.45) is 4.11. The van der Waals surface area contributed by atoms with Gasteiger partial charge in [-0.25, -0.2) is 4.98 Å². The molecule has 1 aromatic heterocycles. The molecule has 0 bridgehead atoms. The minimum absolute atomic E-state index is 0.0373. The summed E-state index contributed by atoms with van der Waals surface area (Å²) in [7, 11) is 1.77. The lowest BCUT2D eigenvalue weighted by Gasteiger charge is -2.28. The summed E-state index contributed by atoms with van der Waals surface area (Å²) < 4.78 is 1.67. The Bertz CT molecular complexity index is 445. The zero-order valence-corrected chi connectivity index (χ0v) is 11.2. The van der Waals surface area contributed by atoms with E-state index in [0.29, 0.717) is 19.5 Å². The third kappa shape index (κ3) is 3.52. The third-order valence-corrected chi connectivity index (χ3v) is 3.35. The Kier molecular flexibility index (Phi) is 4.13. The van der Waals surface area contributed by atoms with Crippen LogP contribution in [0.15, 0.2) is 12.7 Å². The van der Waals surface area contributed by atoms with Crippen LogP contribution < -0.4 is 5.32 Å². The van der Waals surface area contributed by atoms with E-state index in [9.17, 15) is 9.59 Å². The van der Waals surface area contributed by atoms with Crippen molar-refractivity contribution in [3.63, 3.8) is 0 Å². The lowest BCUT2D eigenvalue weighted by molar-refractivity contribution is -0.139. The molecule has 7 heteroatoms. The van der Waals surface area contributed by atoms with Gasteiger partial charge in [-0.15, -0.1) is 0 Å². The number of amides is 2. The van der Waals surface area contributed by atoms with E-state index in [-0.39, 0.29) is 23.8 Å². The van der Waals surface area contributed by atoms with Crippen LogP contribution >= 0.6 is 0 Å². The Balaban J connectivity index is 1.82. The number of piperidine rings is 1. The molecule has 2 amide bonds. The zero-order valence-electron chi connectivity index (χ0n) is 11.2. The first-order valence-corrected chi connectivity index (χ1v) is 6.43. The summed E-state index contributed by atoms with van der Waals surface area (Å²) in [5, 5.41) is 6.92. The third-order valence-electron chi connectivity index (χ3n) is 3.35. The van der Waals surface area contributed by atoms with Gasteiger partial charge >= 0.3 is 0 Å². The fourth-order valence-electron chi connectivity index (χ4n) is 2.18. The quantitative estimate of drug-likeness (QED) is 0.807. The maximum absolute atomic E-state index is 12.1. The summed E-state index contributed by atoms with van der Waals surface area (Å²) >= 11 is 0. The molecular formula is C12H19N5O2. The molecule has 2 atom stereocenters. The molecule has 1 aromatic rings. The van der Waals surface area contributed by atoms with Gasteiger partial charge in [-0.1, -0.05) is 0 Å². The fraction of sp³-hybridized carbons (Fsp3) is 0.667. The van der Waals surface area contributed by atoms with Crippen molar-refractivity contribution in [3.8, 4) is 0 Å². The standard InChI is InChI=1S/C12H19N5O2/c1-9(6-17-8-13-7-14-17)15-12(19)10-3-4-16(2)11(18)5-10/h7-10H,3-6H2,1-2H3,(H,15,19)/t9-,10-/m0/s1.